The largest absolute Gasteiger partial charge is 0.490 e. The molecule has 0 radical (unpaired) electrons. The number of imide groups is 2. The minimum atomic E-state index is -0.984. The van der Waals surface area contributed by atoms with Crippen LogP contribution in [0, 0.1) is 5.41 Å². The van der Waals surface area contributed by atoms with Gasteiger partial charge in [0.05, 0.1) is 16.8 Å². The molecule has 1 atom stereocenters. The number of hydrogen-bond donors (Lipinski definition) is 3. The summed E-state index contributed by atoms with van der Waals surface area (Å²) in [6.45, 7) is 8.95. The third-order valence-electron chi connectivity index (χ3n) is 11.8. The quantitative estimate of drug-likeness (QED) is 0.190. The van der Waals surface area contributed by atoms with Crippen molar-refractivity contribution in [2.75, 3.05) is 36.4 Å². The molecule has 55 heavy (non-hydrogen) atoms. The van der Waals surface area contributed by atoms with Gasteiger partial charge >= 0.3 is 0 Å². The highest BCUT2D eigenvalue weighted by Crippen LogP contribution is 2.37. The van der Waals surface area contributed by atoms with Crippen LogP contribution < -0.4 is 30.3 Å². The first kappa shape index (κ1) is 34.9. The van der Waals surface area contributed by atoms with Crippen LogP contribution in [0.4, 0.5) is 11.6 Å². The highest BCUT2D eigenvalue weighted by molar-refractivity contribution is 6.23. The van der Waals surface area contributed by atoms with Gasteiger partial charge in [0.15, 0.2) is 0 Å². The first-order valence-electron chi connectivity index (χ1n) is 18.9. The summed E-state index contributed by atoms with van der Waals surface area (Å²) in [4.78, 5) is 62.6. The average molecular weight is 742 g/mol. The first-order valence-corrected chi connectivity index (χ1v) is 18.9. The molecule has 3 aromatic carbocycles. The molecule has 1 saturated carbocycles. The van der Waals surface area contributed by atoms with E-state index in [2.05, 4.69) is 63.9 Å². The minimum Gasteiger partial charge on any atom is -0.490 e. The summed E-state index contributed by atoms with van der Waals surface area (Å²) in [5.74, 6) is 0.322. The van der Waals surface area contributed by atoms with E-state index in [0.717, 1.165) is 72.7 Å². The van der Waals surface area contributed by atoms with Gasteiger partial charge in [0.2, 0.25) is 17.8 Å². The van der Waals surface area contributed by atoms with Crippen LogP contribution in [0.25, 0.3) is 0 Å². The lowest BCUT2D eigenvalue weighted by molar-refractivity contribution is -0.136. The number of fused-ring (bicyclic) bond motifs is 1. The van der Waals surface area contributed by atoms with Gasteiger partial charge in [0, 0.05) is 74.2 Å². The normalized spacial score (nSPS) is 22.7. The Morgan fingerprint density at radius 2 is 1.56 bits per heavy atom. The second-order valence-electron chi connectivity index (χ2n) is 16.0. The molecule has 13 nitrogen and oxygen atoms in total. The molecule has 4 fully saturated rings. The molecule has 5 heterocycles. The molecule has 4 aliphatic heterocycles. The lowest BCUT2D eigenvalue weighted by Gasteiger charge is -2.56. The van der Waals surface area contributed by atoms with Gasteiger partial charge in [-0.2, -0.15) is 0 Å². The minimum absolute atomic E-state index is 0.0474. The van der Waals surface area contributed by atoms with E-state index in [1.165, 1.54) is 11.1 Å². The predicted octanol–water partition coefficient (Wildman–Crippen LogP) is 4.21. The van der Waals surface area contributed by atoms with Gasteiger partial charge in [-0.3, -0.25) is 29.4 Å². The maximum Gasteiger partial charge on any atom is 0.262 e. The van der Waals surface area contributed by atoms with Crippen LogP contribution >= 0.6 is 0 Å². The van der Waals surface area contributed by atoms with Crippen molar-refractivity contribution in [2.45, 2.75) is 69.7 Å². The fraction of sp³-hybridized carbons (Fsp3) is 0.381. The van der Waals surface area contributed by atoms with Gasteiger partial charge in [0.25, 0.3) is 11.8 Å². The molecule has 13 heteroatoms. The third kappa shape index (κ3) is 6.56. The molecule has 0 bridgehead atoms. The number of piperidine rings is 1. The predicted molar refractivity (Wildman–Crippen MR) is 203 cm³/mol. The summed E-state index contributed by atoms with van der Waals surface area (Å²) in [5.41, 5.74) is 4.61. The maximum absolute atomic E-state index is 13.2. The molecule has 5 aliphatic rings. The number of nitrogens with one attached hydrogen (secondary N) is 3. The van der Waals surface area contributed by atoms with Crippen molar-refractivity contribution in [2.24, 2.45) is 5.41 Å². The summed E-state index contributed by atoms with van der Waals surface area (Å²) in [5, 5.41) is 9.04. The van der Waals surface area contributed by atoms with E-state index in [1.807, 2.05) is 36.5 Å². The van der Waals surface area contributed by atoms with Crippen LogP contribution in [-0.2, 0) is 21.6 Å². The number of carbonyl (C=O) groups excluding carboxylic acids is 4. The van der Waals surface area contributed by atoms with Crippen LogP contribution in [0.5, 0.6) is 11.5 Å². The van der Waals surface area contributed by atoms with E-state index in [1.54, 1.807) is 18.2 Å². The van der Waals surface area contributed by atoms with Crippen LogP contribution in [0.1, 0.15) is 77.1 Å². The van der Waals surface area contributed by atoms with Crippen LogP contribution in [0.2, 0.25) is 0 Å². The highest BCUT2D eigenvalue weighted by atomic mass is 16.5. The molecule has 3 saturated heterocycles. The zero-order valence-corrected chi connectivity index (χ0v) is 30.8. The SMILES string of the molecule is CC(C)(c1ccc(OCc2ccnc(N3CC4(CNC4)C3)n2)cc1)c1ccc(OC2CC(Nc3ccc4c(c3)C(=O)N(C3CCC(=O)NC3=O)C4=O)C2)cc1. The standard InChI is InChI=1S/C42H43N7O6/c1-41(2,25-3-8-30(9-4-25)54-20-28-15-16-44-40(46-28)48-23-42(24-48)21-43-22-42)26-5-10-31(11-6-26)55-32-17-29(18-32)45-27-7-12-33-34(19-27)39(53)49(38(33)52)35-13-14-36(50)47-37(35)51/h3-12,15-16,19,29,32,35,43,45H,13-14,17-18,20-24H2,1-2H3,(H,47,50,51). The molecule has 1 aromatic heterocycles. The number of amides is 4. The summed E-state index contributed by atoms with van der Waals surface area (Å²) in [6.07, 6.45) is 3.63. The Balaban J connectivity index is 0.749. The number of aromatic nitrogens is 2. The molecule has 4 amide bonds. The van der Waals surface area contributed by atoms with Gasteiger partial charge in [-0.05, 0) is 66.1 Å². The molecule has 1 unspecified atom stereocenters. The maximum atomic E-state index is 13.2. The fourth-order valence-corrected chi connectivity index (χ4v) is 8.23. The number of rotatable bonds is 11. The molecule has 4 aromatic rings. The van der Waals surface area contributed by atoms with Crippen molar-refractivity contribution >= 4 is 35.3 Å². The Hall–Kier alpha value is -5.82. The Labute approximate surface area is 318 Å². The van der Waals surface area contributed by atoms with Crippen molar-refractivity contribution in [1.82, 2.24) is 25.5 Å². The van der Waals surface area contributed by atoms with E-state index < -0.39 is 29.7 Å². The smallest absolute Gasteiger partial charge is 0.262 e. The summed E-state index contributed by atoms with van der Waals surface area (Å²) < 4.78 is 12.4. The van der Waals surface area contributed by atoms with Gasteiger partial charge in [-0.1, -0.05) is 38.1 Å². The van der Waals surface area contributed by atoms with E-state index >= 15 is 0 Å². The van der Waals surface area contributed by atoms with Crippen LogP contribution in [-0.4, -0.2) is 82.9 Å². The number of hydrogen-bond acceptors (Lipinski definition) is 11. The lowest BCUT2D eigenvalue weighted by atomic mass is 9.75. The van der Waals surface area contributed by atoms with Gasteiger partial charge in [-0.25, -0.2) is 9.97 Å². The number of ether oxygens (including phenoxy) is 2. The van der Waals surface area contributed by atoms with E-state index in [0.29, 0.717) is 12.0 Å². The molecular weight excluding hydrogens is 699 g/mol. The average Bonchev–Trinajstić information content (AvgIpc) is 3.37. The zero-order valence-electron chi connectivity index (χ0n) is 30.8. The lowest BCUT2D eigenvalue weighted by Crippen LogP contribution is -2.71. The topological polar surface area (TPSA) is 155 Å². The fourth-order valence-electron chi connectivity index (χ4n) is 8.23. The van der Waals surface area contributed by atoms with Crippen molar-refractivity contribution in [3.05, 3.63) is 107 Å². The zero-order chi connectivity index (χ0) is 37.9. The van der Waals surface area contributed by atoms with Crippen LogP contribution in [0.15, 0.2) is 79.0 Å². The second kappa shape index (κ2) is 13.5. The molecule has 9 rings (SSSR count). The summed E-state index contributed by atoms with van der Waals surface area (Å²) in [6, 6.07) is 22.6. The molecule has 1 aliphatic carbocycles. The Bertz CT molecular complexity index is 2170. The highest BCUT2D eigenvalue weighted by Gasteiger charge is 2.48. The van der Waals surface area contributed by atoms with Crippen molar-refractivity contribution in [3.63, 3.8) is 0 Å². The van der Waals surface area contributed by atoms with Crippen molar-refractivity contribution < 1.29 is 28.7 Å². The van der Waals surface area contributed by atoms with Crippen molar-refractivity contribution in [3.8, 4) is 11.5 Å². The molecule has 282 valence electrons. The number of benzene rings is 3. The van der Waals surface area contributed by atoms with Gasteiger partial charge in [0.1, 0.15) is 30.3 Å². The molecular formula is C42H43N7O6. The van der Waals surface area contributed by atoms with Crippen molar-refractivity contribution in [1.29, 1.82) is 0 Å². The Morgan fingerprint density at radius 3 is 2.24 bits per heavy atom. The first-order chi connectivity index (χ1) is 26.5. The molecule has 3 N–H and O–H groups in total. The van der Waals surface area contributed by atoms with Gasteiger partial charge < -0.3 is 25.0 Å². The van der Waals surface area contributed by atoms with Gasteiger partial charge in [-0.15, -0.1) is 0 Å². The Morgan fingerprint density at radius 1 is 0.873 bits per heavy atom. The number of carbonyl (C=O) groups is 4. The summed E-state index contributed by atoms with van der Waals surface area (Å²) in [7, 11) is 0. The number of anilines is 2. The van der Waals surface area contributed by atoms with Crippen LogP contribution in [0.3, 0.4) is 0 Å². The second-order valence-corrected chi connectivity index (χ2v) is 16.0. The van der Waals surface area contributed by atoms with E-state index in [9.17, 15) is 19.2 Å². The molecule has 1 spiro atoms. The number of nitrogens with zero attached hydrogens (tertiary/aromatic N) is 4. The monoisotopic (exact) mass is 741 g/mol. The third-order valence-corrected chi connectivity index (χ3v) is 11.8. The van der Waals surface area contributed by atoms with E-state index in [-0.39, 0.29) is 41.5 Å². The summed E-state index contributed by atoms with van der Waals surface area (Å²) >= 11 is 0. The Kier molecular flexibility index (Phi) is 8.56. The van der Waals surface area contributed by atoms with E-state index in [4.69, 9.17) is 14.5 Å².